The van der Waals surface area contributed by atoms with Crippen LogP contribution in [0.4, 0.5) is 0 Å². The number of hydrogen-bond donors (Lipinski definition) is 0. The van der Waals surface area contributed by atoms with Crippen LogP contribution in [-0.2, 0) is 0 Å². The number of rotatable bonds is 2. The molecule has 1 rings (SSSR count). The minimum atomic E-state index is 0.766. The van der Waals surface area contributed by atoms with E-state index in [4.69, 9.17) is 0 Å². The van der Waals surface area contributed by atoms with E-state index in [2.05, 4.69) is 38.3 Å². The molecule has 0 saturated carbocycles. The average Bonchev–Trinajstić information content (AvgIpc) is 2.05. The minimum Gasteiger partial charge on any atom is -0.130 e. The first-order valence-corrected chi connectivity index (χ1v) is 5.39. The van der Waals surface area contributed by atoms with Gasteiger partial charge in [0.05, 0.1) is 0 Å². The Hall–Kier alpha value is -0.170. The molecule has 0 amide bonds. The van der Waals surface area contributed by atoms with Crippen LogP contribution in [0.1, 0.15) is 20.3 Å². The molecule has 1 atom stereocenters. The van der Waals surface area contributed by atoms with Gasteiger partial charge in [0.25, 0.3) is 0 Å². The molecule has 0 aliphatic heterocycles. The van der Waals surface area contributed by atoms with Gasteiger partial charge in [-0.15, -0.1) is 11.8 Å². The molecule has 1 unspecified atom stereocenters. The lowest BCUT2D eigenvalue weighted by Gasteiger charge is -2.19. The number of allylic oxidation sites excluding steroid dienone is 3. The summed E-state index contributed by atoms with van der Waals surface area (Å²) < 4.78 is 0. The molecule has 1 heteroatoms. The standard InChI is InChI=1S/C10H16S/c1-8(2)9-5-4-6-10(7-9)11-3/h4,6-9H,5H2,1-3H3. The minimum absolute atomic E-state index is 0.766. The smallest absolute Gasteiger partial charge is 0.00290 e. The van der Waals surface area contributed by atoms with Crippen molar-refractivity contribution in [3.05, 3.63) is 23.1 Å². The van der Waals surface area contributed by atoms with E-state index in [1.807, 2.05) is 11.8 Å². The molecule has 62 valence electrons. The molecule has 0 fully saturated rings. The molecule has 0 aromatic rings. The van der Waals surface area contributed by atoms with Crippen molar-refractivity contribution in [2.24, 2.45) is 11.8 Å². The topological polar surface area (TPSA) is 0 Å². The molecule has 1 aliphatic carbocycles. The van der Waals surface area contributed by atoms with Crippen molar-refractivity contribution in [3.63, 3.8) is 0 Å². The fourth-order valence-corrected chi connectivity index (χ4v) is 1.82. The van der Waals surface area contributed by atoms with Gasteiger partial charge in [0.15, 0.2) is 0 Å². The SMILES string of the molecule is CSC1=CC(C(C)C)CC=C1. The van der Waals surface area contributed by atoms with Gasteiger partial charge in [-0.05, 0) is 24.5 Å². The summed E-state index contributed by atoms with van der Waals surface area (Å²) >= 11 is 1.84. The fourth-order valence-electron chi connectivity index (χ4n) is 1.28. The second-order valence-corrected chi connectivity index (χ2v) is 4.20. The van der Waals surface area contributed by atoms with Crippen molar-refractivity contribution in [1.82, 2.24) is 0 Å². The van der Waals surface area contributed by atoms with Gasteiger partial charge >= 0.3 is 0 Å². The summed E-state index contributed by atoms with van der Waals surface area (Å²) in [5.41, 5.74) is 0. The Kier molecular flexibility index (Phi) is 3.25. The predicted molar refractivity (Wildman–Crippen MR) is 53.7 cm³/mol. The summed E-state index contributed by atoms with van der Waals surface area (Å²) in [4.78, 5) is 1.43. The molecule has 0 bridgehead atoms. The van der Waals surface area contributed by atoms with Gasteiger partial charge in [0.2, 0.25) is 0 Å². The molecule has 0 nitrogen and oxygen atoms in total. The van der Waals surface area contributed by atoms with E-state index >= 15 is 0 Å². The maximum atomic E-state index is 2.40. The first-order chi connectivity index (χ1) is 5.24. The van der Waals surface area contributed by atoms with Crippen molar-refractivity contribution < 1.29 is 0 Å². The van der Waals surface area contributed by atoms with E-state index in [1.54, 1.807) is 0 Å². The van der Waals surface area contributed by atoms with Gasteiger partial charge in [0.1, 0.15) is 0 Å². The third-order valence-corrected chi connectivity index (χ3v) is 2.90. The zero-order chi connectivity index (χ0) is 8.27. The zero-order valence-corrected chi connectivity index (χ0v) is 8.32. The second-order valence-electron chi connectivity index (χ2n) is 3.32. The van der Waals surface area contributed by atoms with E-state index in [0.717, 1.165) is 11.8 Å². The summed E-state index contributed by atoms with van der Waals surface area (Å²) in [6.45, 7) is 4.58. The molecule has 1 aliphatic rings. The highest BCUT2D eigenvalue weighted by Gasteiger charge is 2.11. The van der Waals surface area contributed by atoms with Crippen LogP contribution in [0.15, 0.2) is 23.1 Å². The summed E-state index contributed by atoms with van der Waals surface area (Å²) in [5, 5.41) is 0. The number of hydrogen-bond acceptors (Lipinski definition) is 1. The molecule has 0 radical (unpaired) electrons. The van der Waals surface area contributed by atoms with E-state index in [0.29, 0.717) is 0 Å². The van der Waals surface area contributed by atoms with Crippen LogP contribution in [0.5, 0.6) is 0 Å². The van der Waals surface area contributed by atoms with E-state index in [-0.39, 0.29) is 0 Å². The Labute approximate surface area is 73.8 Å². The Bertz CT molecular complexity index is 177. The van der Waals surface area contributed by atoms with Crippen molar-refractivity contribution in [2.75, 3.05) is 6.26 Å². The highest BCUT2D eigenvalue weighted by Crippen LogP contribution is 2.27. The third-order valence-electron chi connectivity index (χ3n) is 2.16. The first kappa shape index (κ1) is 8.92. The lowest BCUT2D eigenvalue weighted by molar-refractivity contribution is 0.467. The highest BCUT2D eigenvalue weighted by atomic mass is 32.2. The molecule has 0 aromatic carbocycles. The van der Waals surface area contributed by atoms with Gasteiger partial charge in [-0.2, -0.15) is 0 Å². The third kappa shape index (κ3) is 2.41. The van der Waals surface area contributed by atoms with Crippen LogP contribution in [-0.4, -0.2) is 6.26 Å². The van der Waals surface area contributed by atoms with Gasteiger partial charge < -0.3 is 0 Å². The summed E-state index contributed by atoms with van der Waals surface area (Å²) in [6, 6.07) is 0. The molecule has 0 N–H and O–H groups in total. The molecule has 11 heavy (non-hydrogen) atoms. The van der Waals surface area contributed by atoms with Crippen molar-refractivity contribution in [2.45, 2.75) is 20.3 Å². The van der Waals surface area contributed by atoms with Gasteiger partial charge in [-0.25, -0.2) is 0 Å². The second kappa shape index (κ2) is 4.01. The monoisotopic (exact) mass is 168 g/mol. The maximum Gasteiger partial charge on any atom is 0.00290 e. The van der Waals surface area contributed by atoms with Crippen molar-refractivity contribution >= 4 is 11.8 Å². The molecular formula is C10H16S. The summed E-state index contributed by atoms with van der Waals surface area (Å²) in [7, 11) is 0. The van der Waals surface area contributed by atoms with E-state index in [1.165, 1.54) is 11.3 Å². The Balaban J connectivity index is 2.61. The van der Waals surface area contributed by atoms with Crippen molar-refractivity contribution in [1.29, 1.82) is 0 Å². The summed E-state index contributed by atoms with van der Waals surface area (Å²) in [6.07, 6.45) is 10.3. The molecule has 0 spiro atoms. The van der Waals surface area contributed by atoms with Gasteiger partial charge in [0, 0.05) is 4.91 Å². The Morgan fingerprint density at radius 3 is 2.82 bits per heavy atom. The lowest BCUT2D eigenvalue weighted by Crippen LogP contribution is -2.06. The van der Waals surface area contributed by atoms with Gasteiger partial charge in [-0.1, -0.05) is 32.1 Å². The van der Waals surface area contributed by atoms with E-state index < -0.39 is 0 Å². The Morgan fingerprint density at radius 1 is 1.55 bits per heavy atom. The first-order valence-electron chi connectivity index (χ1n) is 4.16. The Morgan fingerprint density at radius 2 is 2.27 bits per heavy atom. The quantitative estimate of drug-likeness (QED) is 0.608. The van der Waals surface area contributed by atoms with Gasteiger partial charge in [-0.3, -0.25) is 0 Å². The highest BCUT2D eigenvalue weighted by molar-refractivity contribution is 8.02. The largest absolute Gasteiger partial charge is 0.130 e. The average molecular weight is 168 g/mol. The molecule has 0 saturated heterocycles. The molecular weight excluding hydrogens is 152 g/mol. The van der Waals surface area contributed by atoms with Crippen LogP contribution in [0.25, 0.3) is 0 Å². The van der Waals surface area contributed by atoms with E-state index in [9.17, 15) is 0 Å². The normalized spacial score (nSPS) is 24.0. The number of thioether (sulfide) groups is 1. The fraction of sp³-hybridized carbons (Fsp3) is 0.600. The van der Waals surface area contributed by atoms with Crippen LogP contribution >= 0.6 is 11.8 Å². The molecule has 0 aromatic heterocycles. The summed E-state index contributed by atoms with van der Waals surface area (Å²) in [5.74, 6) is 1.55. The lowest BCUT2D eigenvalue weighted by atomic mass is 9.90. The van der Waals surface area contributed by atoms with Crippen LogP contribution in [0, 0.1) is 11.8 Å². The predicted octanol–water partition coefficient (Wildman–Crippen LogP) is 3.47. The van der Waals surface area contributed by atoms with Crippen LogP contribution in [0.3, 0.4) is 0 Å². The molecule has 0 heterocycles. The van der Waals surface area contributed by atoms with Crippen LogP contribution < -0.4 is 0 Å². The maximum absolute atomic E-state index is 2.40. The zero-order valence-electron chi connectivity index (χ0n) is 7.50. The van der Waals surface area contributed by atoms with Crippen LogP contribution in [0.2, 0.25) is 0 Å². The van der Waals surface area contributed by atoms with Crippen molar-refractivity contribution in [3.8, 4) is 0 Å².